The first-order chi connectivity index (χ1) is 8.44. The SMILES string of the molecule is CCCC(C)(C)CCCCc1ccc(C)c(C)c1. The Balaban J connectivity index is 2.31. The number of rotatable bonds is 7. The zero-order chi connectivity index (χ0) is 13.6. The number of hydrogen-bond donors (Lipinski definition) is 0. The van der Waals surface area contributed by atoms with Crippen LogP contribution in [-0.2, 0) is 6.42 Å². The summed E-state index contributed by atoms with van der Waals surface area (Å²) in [6.45, 7) is 11.5. The molecule has 0 unspecified atom stereocenters. The van der Waals surface area contributed by atoms with Crippen molar-refractivity contribution in [1.82, 2.24) is 0 Å². The van der Waals surface area contributed by atoms with Gasteiger partial charge in [0.05, 0.1) is 0 Å². The second-order valence-corrected chi connectivity index (χ2v) is 6.54. The van der Waals surface area contributed by atoms with E-state index in [1.807, 2.05) is 0 Å². The number of hydrogen-bond acceptors (Lipinski definition) is 0. The first kappa shape index (κ1) is 15.3. The lowest BCUT2D eigenvalue weighted by Gasteiger charge is -2.23. The smallest absolute Gasteiger partial charge is 0.0279 e. The molecule has 18 heavy (non-hydrogen) atoms. The van der Waals surface area contributed by atoms with Crippen molar-refractivity contribution in [1.29, 1.82) is 0 Å². The monoisotopic (exact) mass is 246 g/mol. The van der Waals surface area contributed by atoms with Crippen LogP contribution in [0.25, 0.3) is 0 Å². The van der Waals surface area contributed by atoms with Gasteiger partial charge in [0, 0.05) is 0 Å². The molecule has 1 aromatic rings. The molecule has 0 aromatic heterocycles. The van der Waals surface area contributed by atoms with Gasteiger partial charge in [-0.3, -0.25) is 0 Å². The molecule has 1 rings (SSSR count). The normalized spacial score (nSPS) is 11.8. The minimum absolute atomic E-state index is 0.540. The quantitative estimate of drug-likeness (QED) is 0.530. The fraction of sp³-hybridized carbons (Fsp3) is 0.667. The van der Waals surface area contributed by atoms with E-state index in [0.717, 1.165) is 0 Å². The number of benzene rings is 1. The van der Waals surface area contributed by atoms with Crippen molar-refractivity contribution in [2.75, 3.05) is 0 Å². The van der Waals surface area contributed by atoms with Crippen molar-refractivity contribution in [2.24, 2.45) is 5.41 Å². The van der Waals surface area contributed by atoms with Crippen LogP contribution in [0.1, 0.15) is 69.6 Å². The third-order valence-electron chi connectivity index (χ3n) is 4.07. The van der Waals surface area contributed by atoms with Crippen molar-refractivity contribution >= 4 is 0 Å². The average Bonchev–Trinajstić information content (AvgIpc) is 2.29. The summed E-state index contributed by atoms with van der Waals surface area (Å²) in [6, 6.07) is 6.90. The molecule has 0 spiro atoms. The summed E-state index contributed by atoms with van der Waals surface area (Å²) in [5.41, 5.74) is 4.88. The molecular formula is C18H30. The molecule has 0 saturated carbocycles. The van der Waals surface area contributed by atoms with E-state index in [1.165, 1.54) is 55.2 Å². The standard InChI is InChI=1S/C18H30/c1-6-12-18(4,5)13-8-7-9-17-11-10-15(2)16(3)14-17/h10-11,14H,6-9,12-13H2,1-5H3. The average molecular weight is 246 g/mol. The summed E-state index contributed by atoms with van der Waals surface area (Å²) < 4.78 is 0. The highest BCUT2D eigenvalue weighted by atomic mass is 14.2. The second-order valence-electron chi connectivity index (χ2n) is 6.54. The molecule has 0 aliphatic rings. The van der Waals surface area contributed by atoms with Crippen molar-refractivity contribution in [3.8, 4) is 0 Å². The van der Waals surface area contributed by atoms with Gasteiger partial charge in [0.25, 0.3) is 0 Å². The maximum Gasteiger partial charge on any atom is -0.0279 e. The van der Waals surface area contributed by atoms with Crippen molar-refractivity contribution in [3.63, 3.8) is 0 Å². The first-order valence-corrected chi connectivity index (χ1v) is 7.51. The van der Waals surface area contributed by atoms with Gasteiger partial charge in [-0.15, -0.1) is 0 Å². The van der Waals surface area contributed by atoms with Crippen LogP contribution in [0.4, 0.5) is 0 Å². The third kappa shape index (κ3) is 5.25. The fourth-order valence-corrected chi connectivity index (χ4v) is 2.69. The number of aryl methyl sites for hydroxylation is 3. The Morgan fingerprint density at radius 1 is 0.944 bits per heavy atom. The van der Waals surface area contributed by atoms with E-state index < -0.39 is 0 Å². The van der Waals surface area contributed by atoms with E-state index in [0.29, 0.717) is 5.41 Å². The molecule has 0 radical (unpaired) electrons. The molecule has 1 aromatic carbocycles. The summed E-state index contributed by atoms with van der Waals surface area (Å²) in [7, 11) is 0. The largest absolute Gasteiger partial charge is 0.0654 e. The highest BCUT2D eigenvalue weighted by Gasteiger charge is 2.15. The predicted octanol–water partition coefficient (Wildman–Crippen LogP) is 5.84. The topological polar surface area (TPSA) is 0 Å². The van der Waals surface area contributed by atoms with E-state index in [9.17, 15) is 0 Å². The summed E-state index contributed by atoms with van der Waals surface area (Å²) in [6.07, 6.45) is 7.96. The zero-order valence-electron chi connectivity index (χ0n) is 13.0. The minimum Gasteiger partial charge on any atom is -0.0654 e. The summed E-state index contributed by atoms with van der Waals surface area (Å²) in [5.74, 6) is 0. The molecule has 0 atom stereocenters. The van der Waals surface area contributed by atoms with Gasteiger partial charge < -0.3 is 0 Å². The van der Waals surface area contributed by atoms with Crippen LogP contribution in [0.5, 0.6) is 0 Å². The lowest BCUT2D eigenvalue weighted by atomic mass is 9.82. The first-order valence-electron chi connectivity index (χ1n) is 7.51. The van der Waals surface area contributed by atoms with Crippen molar-refractivity contribution < 1.29 is 0 Å². The lowest BCUT2D eigenvalue weighted by molar-refractivity contribution is 0.293. The van der Waals surface area contributed by atoms with Gasteiger partial charge in [0.1, 0.15) is 0 Å². The van der Waals surface area contributed by atoms with Gasteiger partial charge in [-0.2, -0.15) is 0 Å². The third-order valence-corrected chi connectivity index (χ3v) is 4.07. The molecule has 0 aliphatic carbocycles. The van der Waals surface area contributed by atoms with Gasteiger partial charge >= 0.3 is 0 Å². The molecule has 0 fully saturated rings. The number of unbranched alkanes of at least 4 members (excludes halogenated alkanes) is 1. The van der Waals surface area contributed by atoms with Gasteiger partial charge in [-0.1, -0.05) is 51.8 Å². The molecule has 0 amide bonds. The zero-order valence-corrected chi connectivity index (χ0v) is 13.0. The molecule has 0 bridgehead atoms. The van der Waals surface area contributed by atoms with Crippen molar-refractivity contribution in [2.45, 2.75) is 73.1 Å². The second kappa shape index (κ2) is 6.97. The van der Waals surface area contributed by atoms with E-state index >= 15 is 0 Å². The highest BCUT2D eigenvalue weighted by molar-refractivity contribution is 5.29. The summed E-state index contributed by atoms with van der Waals surface area (Å²) >= 11 is 0. The van der Waals surface area contributed by atoms with Gasteiger partial charge in [-0.25, -0.2) is 0 Å². The Labute approximate surface area is 114 Å². The molecule has 0 aliphatic heterocycles. The van der Waals surface area contributed by atoms with Gasteiger partial charge in [0.2, 0.25) is 0 Å². The molecule has 102 valence electrons. The highest BCUT2D eigenvalue weighted by Crippen LogP contribution is 2.29. The van der Waals surface area contributed by atoms with E-state index in [1.54, 1.807) is 0 Å². The Morgan fingerprint density at radius 2 is 1.67 bits per heavy atom. The van der Waals surface area contributed by atoms with Crippen molar-refractivity contribution in [3.05, 3.63) is 34.9 Å². The van der Waals surface area contributed by atoms with Crippen LogP contribution in [0, 0.1) is 19.3 Å². The molecule has 0 heterocycles. The maximum atomic E-state index is 2.41. The fourth-order valence-electron chi connectivity index (χ4n) is 2.69. The van der Waals surface area contributed by atoms with Crippen LogP contribution in [0.3, 0.4) is 0 Å². The van der Waals surface area contributed by atoms with Gasteiger partial charge in [0.15, 0.2) is 0 Å². The Bertz CT molecular complexity index is 360. The molecule has 0 N–H and O–H groups in total. The lowest BCUT2D eigenvalue weighted by Crippen LogP contribution is -2.10. The van der Waals surface area contributed by atoms with E-state index in [-0.39, 0.29) is 0 Å². The Kier molecular flexibility index (Phi) is 5.91. The van der Waals surface area contributed by atoms with E-state index in [4.69, 9.17) is 0 Å². The maximum absolute atomic E-state index is 2.41. The Morgan fingerprint density at radius 3 is 2.28 bits per heavy atom. The van der Waals surface area contributed by atoms with Crippen LogP contribution in [0.2, 0.25) is 0 Å². The van der Waals surface area contributed by atoms with Gasteiger partial charge in [-0.05, 0) is 61.6 Å². The molecular weight excluding hydrogens is 216 g/mol. The molecule has 0 heteroatoms. The minimum atomic E-state index is 0.540. The summed E-state index contributed by atoms with van der Waals surface area (Å²) in [5, 5.41) is 0. The predicted molar refractivity (Wildman–Crippen MR) is 82.2 cm³/mol. The summed E-state index contributed by atoms with van der Waals surface area (Å²) in [4.78, 5) is 0. The van der Waals surface area contributed by atoms with Crippen LogP contribution >= 0.6 is 0 Å². The molecule has 0 saturated heterocycles. The van der Waals surface area contributed by atoms with Crippen LogP contribution < -0.4 is 0 Å². The Hall–Kier alpha value is -0.780. The van der Waals surface area contributed by atoms with Crippen LogP contribution in [0.15, 0.2) is 18.2 Å². The molecule has 0 nitrogen and oxygen atoms in total. The van der Waals surface area contributed by atoms with E-state index in [2.05, 4.69) is 52.8 Å². The van der Waals surface area contributed by atoms with Crippen LogP contribution in [-0.4, -0.2) is 0 Å².